The predicted molar refractivity (Wildman–Crippen MR) is 59.7 cm³/mol. The van der Waals surface area contributed by atoms with Crippen LogP contribution in [0.4, 0.5) is 23.2 Å². The van der Waals surface area contributed by atoms with Gasteiger partial charge in [0.2, 0.25) is 0 Å². The van der Waals surface area contributed by atoms with Gasteiger partial charge in [0.15, 0.2) is 0 Å². The molecule has 19 heavy (non-hydrogen) atoms. The Morgan fingerprint density at radius 1 is 1.32 bits per heavy atom. The first-order valence-electron chi connectivity index (χ1n) is 4.52. The van der Waals surface area contributed by atoms with E-state index < -0.39 is 45.2 Å². The zero-order valence-electron chi connectivity index (χ0n) is 8.92. The van der Waals surface area contributed by atoms with Gasteiger partial charge in [-0.15, -0.1) is 0 Å². The first-order valence-corrected chi connectivity index (χ1v) is 6.38. The SMILES string of the molecule is O=S(=O)(NCC(F)(F)F)Nc1cc(Cl)c(F)cc1O. The minimum absolute atomic E-state index is 0.508. The zero-order chi connectivity index (χ0) is 14.8. The number of halogens is 5. The van der Waals surface area contributed by atoms with Crippen molar-refractivity contribution in [2.75, 3.05) is 11.3 Å². The topological polar surface area (TPSA) is 78.4 Å². The Kier molecular flexibility index (Phi) is 4.48. The highest BCUT2D eigenvalue weighted by molar-refractivity contribution is 7.90. The molecule has 0 aliphatic rings. The van der Waals surface area contributed by atoms with Crippen LogP contribution in [0.1, 0.15) is 0 Å². The van der Waals surface area contributed by atoms with Crippen molar-refractivity contribution in [3.05, 3.63) is 23.0 Å². The van der Waals surface area contributed by atoms with Gasteiger partial charge in [0, 0.05) is 6.07 Å². The molecule has 11 heteroatoms. The highest BCUT2D eigenvalue weighted by atomic mass is 35.5. The van der Waals surface area contributed by atoms with E-state index >= 15 is 0 Å². The number of anilines is 1. The van der Waals surface area contributed by atoms with Crippen molar-refractivity contribution in [3.8, 4) is 5.75 Å². The summed E-state index contributed by atoms with van der Waals surface area (Å²) in [6.07, 6.45) is -4.74. The van der Waals surface area contributed by atoms with Crippen LogP contribution in [0.25, 0.3) is 0 Å². The number of nitrogens with one attached hydrogen (secondary N) is 2. The Morgan fingerprint density at radius 2 is 1.89 bits per heavy atom. The zero-order valence-corrected chi connectivity index (χ0v) is 10.5. The molecule has 0 radical (unpaired) electrons. The summed E-state index contributed by atoms with van der Waals surface area (Å²) in [6.45, 7) is -1.79. The van der Waals surface area contributed by atoms with Gasteiger partial charge in [-0.3, -0.25) is 4.72 Å². The Labute approximate surface area is 110 Å². The van der Waals surface area contributed by atoms with E-state index in [1.165, 1.54) is 4.72 Å². The van der Waals surface area contributed by atoms with Gasteiger partial charge in [-0.2, -0.15) is 26.3 Å². The molecule has 1 aromatic rings. The fraction of sp³-hybridized carbons (Fsp3) is 0.250. The number of benzene rings is 1. The van der Waals surface area contributed by atoms with Crippen LogP contribution < -0.4 is 9.44 Å². The molecule has 0 unspecified atom stereocenters. The molecular weight excluding hydrogens is 316 g/mol. The van der Waals surface area contributed by atoms with E-state index in [0.717, 1.165) is 6.07 Å². The molecule has 1 aromatic carbocycles. The van der Waals surface area contributed by atoms with Crippen LogP contribution in [0.15, 0.2) is 12.1 Å². The third kappa shape index (κ3) is 5.09. The molecule has 0 aliphatic carbocycles. The van der Waals surface area contributed by atoms with Crippen LogP contribution in [0.2, 0.25) is 5.02 Å². The Balaban J connectivity index is 2.87. The molecule has 0 fully saturated rings. The summed E-state index contributed by atoms with van der Waals surface area (Å²) < 4.78 is 73.6. The van der Waals surface area contributed by atoms with Crippen molar-refractivity contribution in [3.63, 3.8) is 0 Å². The van der Waals surface area contributed by atoms with E-state index in [9.17, 15) is 31.1 Å². The molecule has 3 N–H and O–H groups in total. The van der Waals surface area contributed by atoms with Gasteiger partial charge in [0.25, 0.3) is 10.2 Å². The second kappa shape index (κ2) is 5.39. The number of hydrogen-bond acceptors (Lipinski definition) is 3. The largest absolute Gasteiger partial charge is 0.506 e. The van der Waals surface area contributed by atoms with Gasteiger partial charge in [-0.25, -0.2) is 4.39 Å². The Morgan fingerprint density at radius 3 is 2.42 bits per heavy atom. The fourth-order valence-electron chi connectivity index (χ4n) is 0.976. The van der Waals surface area contributed by atoms with Crippen LogP contribution in [-0.4, -0.2) is 26.2 Å². The summed E-state index contributed by atoms with van der Waals surface area (Å²) in [5.74, 6) is -1.83. The maximum Gasteiger partial charge on any atom is 0.402 e. The number of alkyl halides is 3. The molecule has 0 aliphatic heterocycles. The highest BCUT2D eigenvalue weighted by Gasteiger charge is 2.29. The first kappa shape index (κ1) is 15.8. The van der Waals surface area contributed by atoms with Crippen LogP contribution >= 0.6 is 11.6 Å². The lowest BCUT2D eigenvalue weighted by atomic mass is 10.3. The van der Waals surface area contributed by atoms with Gasteiger partial charge < -0.3 is 5.11 Å². The van der Waals surface area contributed by atoms with Crippen LogP contribution in [-0.2, 0) is 10.2 Å². The second-order valence-electron chi connectivity index (χ2n) is 3.33. The summed E-state index contributed by atoms with van der Waals surface area (Å²) in [5, 5.41) is 8.72. The average molecular weight is 323 g/mol. The van der Waals surface area contributed by atoms with Crippen LogP contribution in [0.5, 0.6) is 5.75 Å². The van der Waals surface area contributed by atoms with Gasteiger partial charge in [0.05, 0.1) is 10.7 Å². The lowest BCUT2D eigenvalue weighted by molar-refractivity contribution is -0.121. The van der Waals surface area contributed by atoms with Gasteiger partial charge in [-0.1, -0.05) is 11.6 Å². The number of hydrogen-bond donors (Lipinski definition) is 3. The summed E-state index contributed by atoms with van der Waals surface area (Å²) in [7, 11) is -4.58. The minimum atomic E-state index is -4.74. The molecule has 0 bridgehead atoms. The highest BCUT2D eigenvalue weighted by Crippen LogP contribution is 2.29. The minimum Gasteiger partial charge on any atom is -0.506 e. The van der Waals surface area contributed by atoms with Gasteiger partial charge >= 0.3 is 6.18 Å². The summed E-state index contributed by atoms with van der Waals surface area (Å²) in [4.78, 5) is 0. The normalized spacial score (nSPS) is 12.5. The van der Waals surface area contributed by atoms with Crippen molar-refractivity contribution in [1.29, 1.82) is 0 Å². The second-order valence-corrected chi connectivity index (χ2v) is 5.23. The third-order valence-corrected chi connectivity index (χ3v) is 3.05. The number of phenols is 1. The molecule has 0 amide bonds. The smallest absolute Gasteiger partial charge is 0.402 e. The lowest BCUT2D eigenvalue weighted by Crippen LogP contribution is -2.37. The van der Waals surface area contributed by atoms with Crippen molar-refractivity contribution in [2.24, 2.45) is 0 Å². The van der Waals surface area contributed by atoms with E-state index in [2.05, 4.69) is 0 Å². The van der Waals surface area contributed by atoms with Crippen molar-refractivity contribution >= 4 is 27.5 Å². The Hall–Kier alpha value is -1.26. The van der Waals surface area contributed by atoms with Crippen LogP contribution in [0.3, 0.4) is 0 Å². The van der Waals surface area contributed by atoms with E-state index in [0.29, 0.717) is 6.07 Å². The van der Waals surface area contributed by atoms with Crippen molar-refractivity contribution in [2.45, 2.75) is 6.18 Å². The molecule has 0 spiro atoms. The van der Waals surface area contributed by atoms with Gasteiger partial charge in [-0.05, 0) is 6.07 Å². The molecular formula is C8H7ClF4N2O3S. The number of phenolic OH excluding ortho intramolecular Hbond substituents is 1. The molecule has 0 atom stereocenters. The molecule has 108 valence electrons. The number of aromatic hydroxyl groups is 1. The first-order chi connectivity index (χ1) is 8.50. The fourth-order valence-corrected chi connectivity index (χ4v) is 2.02. The van der Waals surface area contributed by atoms with E-state index in [4.69, 9.17) is 11.6 Å². The lowest BCUT2D eigenvalue weighted by Gasteiger charge is -2.12. The molecule has 0 saturated heterocycles. The third-order valence-electron chi connectivity index (χ3n) is 1.75. The van der Waals surface area contributed by atoms with E-state index in [1.807, 2.05) is 0 Å². The predicted octanol–water partition coefficient (Wildman–Crippen LogP) is 1.99. The molecule has 1 rings (SSSR count). The van der Waals surface area contributed by atoms with Crippen molar-refractivity contribution < 1.29 is 31.1 Å². The maximum atomic E-state index is 12.9. The number of rotatable bonds is 4. The van der Waals surface area contributed by atoms with E-state index in [1.54, 1.807) is 4.72 Å². The van der Waals surface area contributed by atoms with Crippen molar-refractivity contribution in [1.82, 2.24) is 4.72 Å². The quantitative estimate of drug-likeness (QED) is 0.586. The van der Waals surface area contributed by atoms with Crippen LogP contribution in [0, 0.1) is 5.82 Å². The molecule has 0 heterocycles. The molecule has 0 aromatic heterocycles. The van der Waals surface area contributed by atoms with E-state index in [-0.39, 0.29) is 0 Å². The molecule has 0 saturated carbocycles. The van der Waals surface area contributed by atoms with Gasteiger partial charge in [0.1, 0.15) is 18.1 Å². The summed E-state index contributed by atoms with van der Waals surface area (Å²) in [5.41, 5.74) is -0.555. The monoisotopic (exact) mass is 322 g/mol. The average Bonchev–Trinajstić information content (AvgIpc) is 2.22. The summed E-state index contributed by atoms with van der Waals surface area (Å²) >= 11 is 5.34. The summed E-state index contributed by atoms with van der Waals surface area (Å²) in [6, 6.07) is 1.24. The Bertz CT molecular complexity index is 576. The standard InChI is InChI=1S/C8H7ClF4N2O3S/c9-4-1-6(7(16)2-5(4)10)15-19(17,18)14-3-8(11,12)13/h1-2,14-16H,3H2. The molecule has 5 nitrogen and oxygen atoms in total. The maximum absolute atomic E-state index is 12.9.